The normalized spacial score (nSPS) is 26.7. The zero-order valence-electron chi connectivity index (χ0n) is 13.4. The van der Waals surface area contributed by atoms with Gasteiger partial charge in [0.2, 0.25) is 5.91 Å². The molecule has 0 radical (unpaired) electrons. The second kappa shape index (κ2) is 5.73. The van der Waals surface area contributed by atoms with E-state index in [1.807, 2.05) is 6.07 Å². The first-order valence-corrected chi connectivity index (χ1v) is 8.45. The summed E-state index contributed by atoms with van der Waals surface area (Å²) < 4.78 is 0. The number of fused-ring (bicyclic) bond motifs is 1. The summed E-state index contributed by atoms with van der Waals surface area (Å²) in [5, 5.41) is 3.69. The highest BCUT2D eigenvalue weighted by Crippen LogP contribution is 2.46. The Bertz CT molecular complexity index is 713. The largest absolute Gasteiger partial charge is 0.378 e. The summed E-state index contributed by atoms with van der Waals surface area (Å²) in [5.41, 5.74) is 3.69. The molecular formula is C20H22N2O. The minimum Gasteiger partial charge on any atom is -0.378 e. The lowest BCUT2D eigenvalue weighted by atomic mass is 9.80. The van der Waals surface area contributed by atoms with Crippen molar-refractivity contribution in [3.05, 3.63) is 65.7 Å². The first kappa shape index (κ1) is 14.3. The van der Waals surface area contributed by atoms with Crippen LogP contribution in [-0.2, 0) is 4.79 Å². The zero-order valence-corrected chi connectivity index (χ0v) is 13.4. The van der Waals surface area contributed by atoms with E-state index < -0.39 is 0 Å². The number of nitrogens with one attached hydrogen (secondary N) is 1. The number of anilines is 1. The predicted molar refractivity (Wildman–Crippen MR) is 92.1 cm³/mol. The lowest BCUT2D eigenvalue weighted by Crippen LogP contribution is -2.40. The number of benzene rings is 2. The highest BCUT2D eigenvalue weighted by molar-refractivity contribution is 5.79. The molecule has 0 aromatic heterocycles. The summed E-state index contributed by atoms with van der Waals surface area (Å²) in [6, 6.07) is 19.4. The maximum absolute atomic E-state index is 12.4. The lowest BCUT2D eigenvalue weighted by molar-refractivity contribution is -0.131. The summed E-state index contributed by atoms with van der Waals surface area (Å²) in [6.45, 7) is 3.14. The molecule has 0 saturated carbocycles. The van der Waals surface area contributed by atoms with E-state index in [-0.39, 0.29) is 12.1 Å². The first-order chi connectivity index (χ1) is 11.3. The minimum atomic E-state index is 0.160. The van der Waals surface area contributed by atoms with Crippen LogP contribution in [0.4, 0.5) is 5.69 Å². The molecule has 3 atom stereocenters. The Morgan fingerprint density at radius 2 is 1.78 bits per heavy atom. The third kappa shape index (κ3) is 2.40. The molecule has 0 bridgehead atoms. The number of carbonyl (C=O) groups is 1. The van der Waals surface area contributed by atoms with E-state index in [0.717, 1.165) is 18.7 Å². The molecule has 2 aliphatic rings. The van der Waals surface area contributed by atoms with Crippen molar-refractivity contribution in [3.63, 3.8) is 0 Å². The fourth-order valence-corrected chi connectivity index (χ4v) is 4.11. The fourth-order valence-electron chi connectivity index (χ4n) is 4.11. The molecule has 0 unspecified atom stereocenters. The van der Waals surface area contributed by atoms with Gasteiger partial charge in [0.25, 0.3) is 0 Å². The van der Waals surface area contributed by atoms with Crippen molar-refractivity contribution in [3.8, 4) is 0 Å². The van der Waals surface area contributed by atoms with E-state index in [2.05, 4.69) is 65.7 Å². The molecule has 1 fully saturated rings. The Labute approximate surface area is 137 Å². The maximum atomic E-state index is 12.4. The van der Waals surface area contributed by atoms with Crippen molar-refractivity contribution in [2.24, 2.45) is 5.92 Å². The number of carbonyl (C=O) groups excluding carboxylic acids is 1. The van der Waals surface area contributed by atoms with Crippen molar-refractivity contribution in [2.45, 2.75) is 31.8 Å². The summed E-state index contributed by atoms with van der Waals surface area (Å²) >= 11 is 0. The first-order valence-electron chi connectivity index (χ1n) is 8.45. The van der Waals surface area contributed by atoms with E-state index >= 15 is 0 Å². The van der Waals surface area contributed by atoms with Crippen molar-refractivity contribution in [1.29, 1.82) is 0 Å². The molecule has 0 aliphatic carbocycles. The van der Waals surface area contributed by atoms with Gasteiger partial charge >= 0.3 is 0 Å². The monoisotopic (exact) mass is 306 g/mol. The van der Waals surface area contributed by atoms with Gasteiger partial charge in [-0.1, -0.05) is 55.5 Å². The summed E-state index contributed by atoms with van der Waals surface area (Å²) in [6.07, 6.45) is 1.67. The highest BCUT2D eigenvalue weighted by atomic mass is 16.2. The smallest absolute Gasteiger partial charge is 0.223 e. The van der Waals surface area contributed by atoms with Crippen molar-refractivity contribution < 1.29 is 4.79 Å². The Balaban J connectivity index is 1.78. The molecule has 2 aromatic rings. The standard InChI is InChI=1S/C20H22N2O/c1-14-19(15-8-3-2-4-9-15)21-17-11-6-5-10-16(17)20(14)22-13-7-12-18(22)23/h2-6,8-11,14,19-21H,7,12-13H2,1H3/t14-,19+,20+/m0/s1. The number of amides is 1. The Morgan fingerprint density at radius 3 is 2.52 bits per heavy atom. The number of hydrogen-bond donors (Lipinski definition) is 1. The molecule has 1 amide bonds. The average molecular weight is 306 g/mol. The van der Waals surface area contributed by atoms with E-state index in [9.17, 15) is 4.79 Å². The molecule has 3 heteroatoms. The van der Waals surface area contributed by atoms with Crippen LogP contribution in [0.2, 0.25) is 0 Å². The van der Waals surface area contributed by atoms with Crippen molar-refractivity contribution in [2.75, 3.05) is 11.9 Å². The fraction of sp³-hybridized carbons (Fsp3) is 0.350. The molecule has 3 nitrogen and oxygen atoms in total. The molecule has 2 heterocycles. The van der Waals surface area contributed by atoms with Crippen LogP contribution in [0.15, 0.2) is 54.6 Å². The van der Waals surface area contributed by atoms with Crippen LogP contribution in [0.3, 0.4) is 0 Å². The summed E-state index contributed by atoms with van der Waals surface area (Å²) in [5.74, 6) is 0.625. The van der Waals surface area contributed by atoms with Crippen molar-refractivity contribution in [1.82, 2.24) is 4.90 Å². The van der Waals surface area contributed by atoms with Crippen LogP contribution < -0.4 is 5.32 Å². The van der Waals surface area contributed by atoms with Gasteiger partial charge in [-0.25, -0.2) is 0 Å². The maximum Gasteiger partial charge on any atom is 0.223 e. The molecule has 23 heavy (non-hydrogen) atoms. The number of rotatable bonds is 2. The van der Waals surface area contributed by atoms with Crippen molar-refractivity contribution >= 4 is 11.6 Å². The van der Waals surface area contributed by atoms with E-state index in [4.69, 9.17) is 0 Å². The third-order valence-corrected chi connectivity index (χ3v) is 5.22. The molecular weight excluding hydrogens is 284 g/mol. The summed E-state index contributed by atoms with van der Waals surface area (Å²) in [4.78, 5) is 14.5. The predicted octanol–water partition coefficient (Wildman–Crippen LogP) is 4.15. The summed E-state index contributed by atoms with van der Waals surface area (Å²) in [7, 11) is 0. The molecule has 1 N–H and O–H groups in total. The van der Waals surface area contributed by atoms with E-state index in [0.29, 0.717) is 18.2 Å². The van der Waals surface area contributed by atoms with Crippen LogP contribution in [0, 0.1) is 5.92 Å². The Morgan fingerprint density at radius 1 is 1.04 bits per heavy atom. The molecule has 2 aliphatic heterocycles. The van der Waals surface area contributed by atoms with Gasteiger partial charge in [-0.05, 0) is 23.6 Å². The molecule has 4 rings (SSSR count). The minimum absolute atomic E-state index is 0.160. The van der Waals surface area contributed by atoms with Gasteiger partial charge in [0.05, 0.1) is 12.1 Å². The highest BCUT2D eigenvalue weighted by Gasteiger charge is 2.40. The van der Waals surface area contributed by atoms with Gasteiger partial charge in [0, 0.05) is 24.6 Å². The van der Waals surface area contributed by atoms with Crippen LogP contribution in [-0.4, -0.2) is 17.4 Å². The second-order valence-electron chi connectivity index (χ2n) is 6.61. The topological polar surface area (TPSA) is 32.3 Å². The molecule has 0 spiro atoms. The van der Waals surface area contributed by atoms with Gasteiger partial charge in [-0.15, -0.1) is 0 Å². The number of nitrogens with zero attached hydrogens (tertiary/aromatic N) is 1. The van der Waals surface area contributed by atoms with Gasteiger partial charge in [0.1, 0.15) is 0 Å². The van der Waals surface area contributed by atoms with E-state index in [1.165, 1.54) is 11.1 Å². The quantitative estimate of drug-likeness (QED) is 0.904. The Hall–Kier alpha value is -2.29. The average Bonchev–Trinajstić information content (AvgIpc) is 3.01. The van der Waals surface area contributed by atoms with Gasteiger partial charge < -0.3 is 10.2 Å². The van der Waals surface area contributed by atoms with Crippen LogP contribution in [0.1, 0.15) is 43.0 Å². The Kier molecular flexibility index (Phi) is 3.56. The number of likely N-dealkylation sites (tertiary alicyclic amines) is 1. The third-order valence-electron chi connectivity index (χ3n) is 5.22. The molecule has 118 valence electrons. The molecule has 2 aromatic carbocycles. The number of para-hydroxylation sites is 1. The van der Waals surface area contributed by atoms with Crippen LogP contribution in [0.5, 0.6) is 0 Å². The van der Waals surface area contributed by atoms with Gasteiger partial charge in [-0.2, -0.15) is 0 Å². The van der Waals surface area contributed by atoms with Gasteiger partial charge in [0.15, 0.2) is 0 Å². The number of hydrogen-bond acceptors (Lipinski definition) is 2. The molecule has 1 saturated heterocycles. The lowest BCUT2D eigenvalue weighted by Gasteiger charge is -2.43. The SMILES string of the molecule is C[C@H]1[C@H](c2ccccc2)Nc2ccccc2[C@@H]1N1CCCC1=O. The van der Waals surface area contributed by atoms with Crippen LogP contribution >= 0.6 is 0 Å². The van der Waals surface area contributed by atoms with Crippen LogP contribution in [0.25, 0.3) is 0 Å². The van der Waals surface area contributed by atoms with E-state index in [1.54, 1.807) is 0 Å². The second-order valence-corrected chi connectivity index (χ2v) is 6.61. The van der Waals surface area contributed by atoms with Gasteiger partial charge in [-0.3, -0.25) is 4.79 Å². The zero-order chi connectivity index (χ0) is 15.8.